The van der Waals surface area contributed by atoms with Crippen LogP contribution in [0.2, 0.25) is 0 Å². The van der Waals surface area contributed by atoms with E-state index in [1.165, 1.54) is 12.8 Å². The summed E-state index contributed by atoms with van der Waals surface area (Å²) in [4.78, 5) is 6.85. The van der Waals surface area contributed by atoms with Gasteiger partial charge in [0.2, 0.25) is 0 Å². The van der Waals surface area contributed by atoms with E-state index in [4.69, 9.17) is 4.74 Å². The molecule has 1 aliphatic carbocycles. The van der Waals surface area contributed by atoms with Crippen molar-refractivity contribution in [1.29, 1.82) is 0 Å². The van der Waals surface area contributed by atoms with E-state index in [9.17, 15) is 0 Å². The Labute approximate surface area is 123 Å². The molecule has 1 atom stereocenters. The number of morpholine rings is 1. The number of nitrogens with one attached hydrogen (secondary N) is 2. The molecule has 2 fully saturated rings. The first-order chi connectivity index (χ1) is 9.70. The van der Waals surface area contributed by atoms with Crippen LogP contribution in [-0.4, -0.2) is 63.3 Å². The third-order valence-electron chi connectivity index (χ3n) is 4.24. The van der Waals surface area contributed by atoms with Crippen LogP contribution in [-0.2, 0) is 4.74 Å². The van der Waals surface area contributed by atoms with Crippen LogP contribution in [0.5, 0.6) is 0 Å². The molecule has 5 nitrogen and oxygen atoms in total. The minimum Gasteiger partial charge on any atom is -0.379 e. The van der Waals surface area contributed by atoms with Crippen molar-refractivity contribution in [3.05, 3.63) is 0 Å². The minimum absolute atomic E-state index is 0.540. The smallest absolute Gasteiger partial charge is 0.191 e. The maximum absolute atomic E-state index is 5.45. The van der Waals surface area contributed by atoms with E-state index in [0.29, 0.717) is 12.0 Å². The third-order valence-corrected chi connectivity index (χ3v) is 4.24. The van der Waals surface area contributed by atoms with Gasteiger partial charge in [-0.1, -0.05) is 13.8 Å². The Balaban J connectivity index is 1.77. The number of ether oxygens (including phenoxy) is 1. The first kappa shape index (κ1) is 15.6. The normalized spacial score (nSPS) is 22.9. The van der Waals surface area contributed by atoms with Gasteiger partial charge in [0.15, 0.2) is 5.96 Å². The highest BCUT2D eigenvalue weighted by molar-refractivity contribution is 5.79. The van der Waals surface area contributed by atoms with Gasteiger partial charge in [0.25, 0.3) is 0 Å². The molecule has 1 heterocycles. The van der Waals surface area contributed by atoms with Crippen molar-refractivity contribution in [2.45, 2.75) is 32.7 Å². The summed E-state index contributed by atoms with van der Waals surface area (Å²) in [6.45, 7) is 10.4. The quantitative estimate of drug-likeness (QED) is 0.562. The van der Waals surface area contributed by atoms with Crippen LogP contribution in [0.3, 0.4) is 0 Å². The molecule has 0 amide bonds. The molecule has 2 rings (SSSR count). The monoisotopic (exact) mass is 282 g/mol. The van der Waals surface area contributed by atoms with Crippen molar-refractivity contribution >= 4 is 5.96 Å². The molecule has 1 saturated carbocycles. The maximum atomic E-state index is 5.45. The van der Waals surface area contributed by atoms with Crippen LogP contribution in [0.25, 0.3) is 0 Å². The standard InChI is InChI=1S/C15H30N4O/c1-12(2)14(19-6-8-20-9-7-19)11-18-15(16-3)17-10-13-4-5-13/h12-14H,4-11H2,1-3H3,(H2,16,17,18). The van der Waals surface area contributed by atoms with Crippen molar-refractivity contribution in [3.63, 3.8) is 0 Å². The van der Waals surface area contributed by atoms with Crippen LogP contribution in [0, 0.1) is 11.8 Å². The van der Waals surface area contributed by atoms with Crippen molar-refractivity contribution in [2.24, 2.45) is 16.8 Å². The fourth-order valence-corrected chi connectivity index (χ4v) is 2.68. The summed E-state index contributed by atoms with van der Waals surface area (Å²) in [6.07, 6.45) is 2.73. The van der Waals surface area contributed by atoms with Crippen molar-refractivity contribution in [2.75, 3.05) is 46.4 Å². The molecule has 0 spiro atoms. The first-order valence-corrected chi connectivity index (χ1v) is 7.97. The molecular formula is C15H30N4O. The number of guanidine groups is 1. The minimum atomic E-state index is 0.540. The van der Waals surface area contributed by atoms with E-state index in [0.717, 1.165) is 51.3 Å². The molecular weight excluding hydrogens is 252 g/mol. The largest absolute Gasteiger partial charge is 0.379 e. The van der Waals surface area contributed by atoms with Crippen molar-refractivity contribution < 1.29 is 4.74 Å². The van der Waals surface area contributed by atoms with E-state index >= 15 is 0 Å². The Morgan fingerprint density at radius 2 is 1.95 bits per heavy atom. The summed E-state index contributed by atoms with van der Waals surface area (Å²) >= 11 is 0. The summed E-state index contributed by atoms with van der Waals surface area (Å²) in [5.74, 6) is 2.44. The second-order valence-electron chi connectivity index (χ2n) is 6.24. The fourth-order valence-electron chi connectivity index (χ4n) is 2.68. The number of aliphatic imine (C=N–C) groups is 1. The average Bonchev–Trinajstić information content (AvgIpc) is 3.27. The van der Waals surface area contributed by atoms with Gasteiger partial charge in [-0.2, -0.15) is 0 Å². The molecule has 2 aliphatic rings. The van der Waals surface area contributed by atoms with Crippen LogP contribution in [0.4, 0.5) is 0 Å². The summed E-state index contributed by atoms with van der Waals surface area (Å²) in [5, 5.41) is 6.91. The van der Waals surface area contributed by atoms with Gasteiger partial charge >= 0.3 is 0 Å². The highest BCUT2D eigenvalue weighted by Crippen LogP contribution is 2.27. The number of nitrogens with zero attached hydrogens (tertiary/aromatic N) is 2. The highest BCUT2D eigenvalue weighted by Gasteiger charge is 2.24. The van der Waals surface area contributed by atoms with E-state index in [-0.39, 0.29) is 0 Å². The van der Waals surface area contributed by atoms with Gasteiger partial charge in [0.1, 0.15) is 0 Å². The lowest BCUT2D eigenvalue weighted by molar-refractivity contribution is 0.00752. The summed E-state index contributed by atoms with van der Waals surface area (Å²) in [6, 6.07) is 0.540. The topological polar surface area (TPSA) is 48.9 Å². The zero-order chi connectivity index (χ0) is 14.4. The van der Waals surface area contributed by atoms with Gasteiger partial charge < -0.3 is 15.4 Å². The molecule has 5 heteroatoms. The molecule has 2 N–H and O–H groups in total. The van der Waals surface area contributed by atoms with E-state index in [1.807, 2.05) is 7.05 Å². The van der Waals surface area contributed by atoms with Gasteiger partial charge in [-0.15, -0.1) is 0 Å². The van der Waals surface area contributed by atoms with Crippen molar-refractivity contribution in [3.8, 4) is 0 Å². The van der Waals surface area contributed by atoms with E-state index in [1.54, 1.807) is 0 Å². The van der Waals surface area contributed by atoms with Gasteiger partial charge in [-0.3, -0.25) is 9.89 Å². The second kappa shape index (κ2) is 7.84. The Morgan fingerprint density at radius 1 is 1.25 bits per heavy atom. The lowest BCUT2D eigenvalue weighted by Gasteiger charge is -2.37. The van der Waals surface area contributed by atoms with Crippen LogP contribution in [0.15, 0.2) is 4.99 Å². The fraction of sp³-hybridized carbons (Fsp3) is 0.933. The Bertz CT molecular complexity index is 309. The molecule has 0 aromatic rings. The summed E-state index contributed by atoms with van der Waals surface area (Å²) in [7, 11) is 1.85. The van der Waals surface area contributed by atoms with Gasteiger partial charge in [-0.05, 0) is 24.7 Å². The van der Waals surface area contributed by atoms with E-state index in [2.05, 4.69) is 34.4 Å². The second-order valence-corrected chi connectivity index (χ2v) is 6.24. The highest BCUT2D eigenvalue weighted by atomic mass is 16.5. The summed E-state index contributed by atoms with van der Waals surface area (Å²) < 4.78 is 5.45. The van der Waals surface area contributed by atoms with E-state index < -0.39 is 0 Å². The molecule has 116 valence electrons. The third kappa shape index (κ3) is 4.94. The maximum Gasteiger partial charge on any atom is 0.191 e. The Kier molecular flexibility index (Phi) is 6.10. The van der Waals surface area contributed by atoms with Crippen LogP contribution < -0.4 is 10.6 Å². The SMILES string of the molecule is CN=C(NCC1CC1)NCC(C(C)C)N1CCOCC1. The number of hydrogen-bond donors (Lipinski definition) is 2. The first-order valence-electron chi connectivity index (χ1n) is 7.97. The molecule has 1 unspecified atom stereocenters. The molecule has 0 radical (unpaired) electrons. The van der Waals surface area contributed by atoms with Crippen LogP contribution >= 0.6 is 0 Å². The predicted molar refractivity (Wildman–Crippen MR) is 83.1 cm³/mol. The predicted octanol–water partition coefficient (Wildman–Crippen LogP) is 0.918. The van der Waals surface area contributed by atoms with Gasteiger partial charge in [0, 0.05) is 39.3 Å². The van der Waals surface area contributed by atoms with Gasteiger partial charge in [-0.25, -0.2) is 0 Å². The molecule has 0 aromatic carbocycles. The van der Waals surface area contributed by atoms with Gasteiger partial charge in [0.05, 0.1) is 13.2 Å². The summed E-state index contributed by atoms with van der Waals surface area (Å²) in [5.41, 5.74) is 0. The zero-order valence-corrected chi connectivity index (χ0v) is 13.2. The zero-order valence-electron chi connectivity index (χ0n) is 13.2. The molecule has 1 aliphatic heterocycles. The lowest BCUT2D eigenvalue weighted by atomic mass is 10.0. The molecule has 0 aromatic heterocycles. The Hall–Kier alpha value is -0.810. The Morgan fingerprint density at radius 3 is 2.50 bits per heavy atom. The molecule has 20 heavy (non-hydrogen) atoms. The average molecular weight is 282 g/mol. The van der Waals surface area contributed by atoms with Crippen molar-refractivity contribution in [1.82, 2.24) is 15.5 Å². The number of rotatable bonds is 6. The molecule has 0 bridgehead atoms. The molecule has 1 saturated heterocycles. The van der Waals surface area contributed by atoms with Crippen LogP contribution in [0.1, 0.15) is 26.7 Å². The lowest BCUT2D eigenvalue weighted by Crippen LogP contribution is -2.52. The number of hydrogen-bond acceptors (Lipinski definition) is 3.